The highest BCUT2D eigenvalue weighted by Gasteiger charge is 2.07. The Kier molecular flexibility index (Phi) is 5.60. The minimum atomic E-state index is -0.188. The number of likely N-dealkylation sites (N-methyl/N-ethyl adjacent to an activating group) is 1. The van der Waals surface area contributed by atoms with Crippen molar-refractivity contribution in [1.29, 1.82) is 0 Å². The third-order valence-electron chi connectivity index (χ3n) is 2.53. The van der Waals surface area contributed by atoms with E-state index in [4.69, 9.17) is 6.42 Å². The monoisotopic (exact) mass is 219 g/mol. The molecule has 0 radical (unpaired) electrons. The first-order valence-electron chi connectivity index (χ1n) is 5.67. The molecule has 16 heavy (non-hydrogen) atoms. The summed E-state index contributed by atoms with van der Waals surface area (Å²) >= 11 is 0. The number of rotatable bonds is 6. The zero-order chi connectivity index (χ0) is 11.8. The highest BCUT2D eigenvalue weighted by Crippen LogP contribution is 2.08. The van der Waals surface area contributed by atoms with E-state index in [9.17, 15) is 4.39 Å². The summed E-state index contributed by atoms with van der Waals surface area (Å²) < 4.78 is 12.7. The lowest BCUT2D eigenvalue weighted by atomic mass is 10.0. The third-order valence-corrected chi connectivity index (χ3v) is 2.53. The highest BCUT2D eigenvalue weighted by atomic mass is 19.1. The van der Waals surface area contributed by atoms with Crippen LogP contribution in [0.25, 0.3) is 0 Å². The molecule has 0 bridgehead atoms. The molecule has 0 saturated carbocycles. The van der Waals surface area contributed by atoms with Crippen LogP contribution >= 0.6 is 0 Å². The van der Waals surface area contributed by atoms with Gasteiger partial charge in [0.15, 0.2) is 0 Å². The average Bonchev–Trinajstić information content (AvgIpc) is 2.29. The first-order chi connectivity index (χ1) is 7.76. The van der Waals surface area contributed by atoms with Crippen LogP contribution in [-0.2, 0) is 6.42 Å². The van der Waals surface area contributed by atoms with Crippen LogP contribution in [-0.4, -0.2) is 12.6 Å². The summed E-state index contributed by atoms with van der Waals surface area (Å²) in [7, 11) is 0. The van der Waals surface area contributed by atoms with E-state index >= 15 is 0 Å². The van der Waals surface area contributed by atoms with Crippen molar-refractivity contribution in [2.45, 2.75) is 32.2 Å². The maximum Gasteiger partial charge on any atom is 0.123 e. The smallest absolute Gasteiger partial charge is 0.123 e. The fraction of sp³-hybridized carbons (Fsp3) is 0.429. The van der Waals surface area contributed by atoms with Gasteiger partial charge in [0.25, 0.3) is 0 Å². The second kappa shape index (κ2) is 7.03. The second-order valence-corrected chi connectivity index (χ2v) is 3.83. The Morgan fingerprint density at radius 2 is 2.06 bits per heavy atom. The van der Waals surface area contributed by atoms with E-state index in [1.54, 1.807) is 0 Å². The Morgan fingerprint density at radius 1 is 1.38 bits per heavy atom. The number of nitrogens with one attached hydrogen (secondary N) is 1. The van der Waals surface area contributed by atoms with E-state index < -0.39 is 0 Å². The van der Waals surface area contributed by atoms with E-state index in [1.165, 1.54) is 12.1 Å². The Labute approximate surface area is 97.1 Å². The van der Waals surface area contributed by atoms with Crippen molar-refractivity contribution < 1.29 is 4.39 Å². The maximum absolute atomic E-state index is 12.7. The molecule has 1 atom stereocenters. The van der Waals surface area contributed by atoms with Gasteiger partial charge in [0, 0.05) is 12.5 Å². The van der Waals surface area contributed by atoms with E-state index in [0.717, 1.165) is 31.4 Å². The molecule has 1 N–H and O–H groups in total. The van der Waals surface area contributed by atoms with Crippen molar-refractivity contribution in [3.63, 3.8) is 0 Å². The quantitative estimate of drug-likeness (QED) is 0.725. The summed E-state index contributed by atoms with van der Waals surface area (Å²) in [5.41, 5.74) is 1.14. The molecule has 0 aliphatic rings. The average molecular weight is 219 g/mol. The summed E-state index contributed by atoms with van der Waals surface area (Å²) in [6.07, 6.45) is 7.89. The van der Waals surface area contributed by atoms with E-state index in [-0.39, 0.29) is 5.82 Å². The van der Waals surface area contributed by atoms with Crippen LogP contribution < -0.4 is 5.32 Å². The number of benzene rings is 1. The summed E-state index contributed by atoms with van der Waals surface area (Å²) in [4.78, 5) is 0. The van der Waals surface area contributed by atoms with E-state index in [1.807, 2.05) is 12.1 Å². The van der Waals surface area contributed by atoms with Crippen molar-refractivity contribution in [3.05, 3.63) is 35.6 Å². The molecular weight excluding hydrogens is 201 g/mol. The summed E-state index contributed by atoms with van der Waals surface area (Å²) in [6, 6.07) is 7.04. The van der Waals surface area contributed by atoms with Gasteiger partial charge in [-0.2, -0.15) is 0 Å². The van der Waals surface area contributed by atoms with Gasteiger partial charge in [-0.1, -0.05) is 19.1 Å². The van der Waals surface area contributed by atoms with Crippen LogP contribution in [0.1, 0.15) is 25.3 Å². The van der Waals surface area contributed by atoms with E-state index in [2.05, 4.69) is 18.2 Å². The molecule has 0 aliphatic heterocycles. The second-order valence-electron chi connectivity index (χ2n) is 3.83. The van der Waals surface area contributed by atoms with Crippen LogP contribution in [0.5, 0.6) is 0 Å². The SMILES string of the molecule is C#CCCC(Cc1ccc(F)cc1)NCC. The van der Waals surface area contributed by atoms with Gasteiger partial charge in [-0.3, -0.25) is 0 Å². The molecule has 0 saturated heterocycles. The number of hydrogen-bond donors (Lipinski definition) is 1. The Balaban J connectivity index is 2.53. The first-order valence-corrected chi connectivity index (χ1v) is 5.67. The molecule has 1 unspecified atom stereocenters. The normalized spacial score (nSPS) is 12.1. The number of halogens is 1. The van der Waals surface area contributed by atoms with Crippen molar-refractivity contribution >= 4 is 0 Å². The van der Waals surface area contributed by atoms with Gasteiger partial charge in [-0.25, -0.2) is 4.39 Å². The zero-order valence-corrected chi connectivity index (χ0v) is 9.67. The van der Waals surface area contributed by atoms with Gasteiger partial charge >= 0.3 is 0 Å². The topological polar surface area (TPSA) is 12.0 Å². The number of terminal acetylenes is 1. The molecule has 0 spiro atoms. The Bertz CT molecular complexity index is 337. The van der Waals surface area contributed by atoms with Gasteiger partial charge in [-0.15, -0.1) is 12.3 Å². The van der Waals surface area contributed by atoms with Gasteiger partial charge in [0.05, 0.1) is 0 Å². The maximum atomic E-state index is 12.7. The molecule has 0 aliphatic carbocycles. The van der Waals surface area contributed by atoms with Gasteiger partial charge in [-0.05, 0) is 37.1 Å². The molecule has 1 nitrogen and oxygen atoms in total. The molecule has 86 valence electrons. The van der Waals surface area contributed by atoms with Crippen LogP contribution in [0.3, 0.4) is 0 Å². The van der Waals surface area contributed by atoms with Crippen molar-refractivity contribution in [1.82, 2.24) is 5.32 Å². The van der Waals surface area contributed by atoms with Crippen molar-refractivity contribution in [2.75, 3.05) is 6.54 Å². The molecule has 1 aromatic rings. The lowest BCUT2D eigenvalue weighted by molar-refractivity contribution is 0.497. The van der Waals surface area contributed by atoms with Crippen molar-refractivity contribution in [2.24, 2.45) is 0 Å². The Morgan fingerprint density at radius 3 is 2.62 bits per heavy atom. The minimum Gasteiger partial charge on any atom is -0.314 e. The summed E-state index contributed by atoms with van der Waals surface area (Å²) in [6.45, 7) is 3.00. The third kappa shape index (κ3) is 4.46. The molecule has 2 heteroatoms. The van der Waals surface area contributed by atoms with Gasteiger partial charge < -0.3 is 5.32 Å². The zero-order valence-electron chi connectivity index (χ0n) is 9.67. The van der Waals surface area contributed by atoms with Gasteiger partial charge in [0.2, 0.25) is 0 Å². The molecule has 0 aromatic heterocycles. The van der Waals surface area contributed by atoms with Crippen molar-refractivity contribution in [3.8, 4) is 12.3 Å². The highest BCUT2D eigenvalue weighted by molar-refractivity contribution is 5.17. The minimum absolute atomic E-state index is 0.188. The van der Waals surface area contributed by atoms with Gasteiger partial charge in [0.1, 0.15) is 5.82 Å². The molecule has 0 amide bonds. The lowest BCUT2D eigenvalue weighted by Gasteiger charge is -2.16. The molecule has 0 heterocycles. The van der Waals surface area contributed by atoms with Crippen LogP contribution in [0.2, 0.25) is 0 Å². The van der Waals surface area contributed by atoms with Crippen LogP contribution in [0.4, 0.5) is 4.39 Å². The molecule has 1 rings (SSSR count). The van der Waals surface area contributed by atoms with Crippen LogP contribution in [0, 0.1) is 18.2 Å². The predicted octanol–water partition coefficient (Wildman–Crippen LogP) is 2.76. The fourth-order valence-electron chi connectivity index (χ4n) is 1.73. The number of hydrogen-bond acceptors (Lipinski definition) is 1. The molecular formula is C14H18FN. The summed E-state index contributed by atoms with van der Waals surface area (Å²) in [5, 5.41) is 3.39. The molecule has 0 fully saturated rings. The van der Waals surface area contributed by atoms with E-state index in [0.29, 0.717) is 6.04 Å². The standard InChI is InChI=1S/C14H18FN/c1-3-5-6-14(16-4-2)11-12-7-9-13(15)10-8-12/h1,7-10,14,16H,4-6,11H2,2H3. The summed E-state index contributed by atoms with van der Waals surface area (Å²) in [5.74, 6) is 2.46. The van der Waals surface area contributed by atoms with Crippen LogP contribution in [0.15, 0.2) is 24.3 Å². The Hall–Kier alpha value is -1.33. The largest absolute Gasteiger partial charge is 0.314 e. The fourth-order valence-corrected chi connectivity index (χ4v) is 1.73. The predicted molar refractivity (Wildman–Crippen MR) is 65.6 cm³/mol. The lowest BCUT2D eigenvalue weighted by Crippen LogP contribution is -2.30. The first kappa shape index (κ1) is 12.7. The molecule has 1 aromatic carbocycles.